The van der Waals surface area contributed by atoms with Crippen LogP contribution in [0.1, 0.15) is 38.6 Å². The van der Waals surface area contributed by atoms with E-state index in [0.29, 0.717) is 23.4 Å². The number of benzene rings is 1. The Balaban J connectivity index is 1.75. The van der Waals surface area contributed by atoms with Gasteiger partial charge >= 0.3 is 6.09 Å². The number of hydrogen-bond donors (Lipinski definition) is 3. The molecular formula is C19H24FN3O3S. The predicted octanol–water partition coefficient (Wildman–Crippen LogP) is 3.41. The predicted molar refractivity (Wildman–Crippen MR) is 102 cm³/mol. The van der Waals surface area contributed by atoms with Crippen molar-refractivity contribution >= 4 is 17.4 Å². The summed E-state index contributed by atoms with van der Waals surface area (Å²) in [6, 6.07) is 4.40. The molecule has 1 amide bonds. The molecule has 0 saturated carbocycles. The van der Waals surface area contributed by atoms with Crippen LogP contribution in [0, 0.1) is 5.82 Å². The highest BCUT2D eigenvalue weighted by Crippen LogP contribution is 2.37. The molecule has 1 aromatic heterocycles. The summed E-state index contributed by atoms with van der Waals surface area (Å²) in [6.45, 7) is 6.91. The van der Waals surface area contributed by atoms with Crippen LogP contribution in [-0.2, 0) is 5.60 Å². The molecule has 146 valence electrons. The molecule has 1 aliphatic heterocycles. The van der Waals surface area contributed by atoms with E-state index in [1.807, 2.05) is 20.8 Å². The standard InChI is InChI=1S/C19H24FN3O3S/c1-18(2,3)23-17(24)26-14-5-4-12(10-13(14)20)15-11-22-16(27-15)19(25)6-8-21-9-7-19/h4-5,10-11,21,25H,6-9H2,1-3H3,(H,23,24). The van der Waals surface area contributed by atoms with Gasteiger partial charge in [0.15, 0.2) is 11.6 Å². The Morgan fingerprint density at radius 1 is 1.37 bits per heavy atom. The molecule has 1 saturated heterocycles. The summed E-state index contributed by atoms with van der Waals surface area (Å²) in [5, 5.41) is 17.2. The summed E-state index contributed by atoms with van der Waals surface area (Å²) in [6.07, 6.45) is 2.14. The number of amides is 1. The van der Waals surface area contributed by atoms with E-state index in [9.17, 15) is 14.3 Å². The van der Waals surface area contributed by atoms with Crippen molar-refractivity contribution in [1.82, 2.24) is 15.6 Å². The van der Waals surface area contributed by atoms with Gasteiger partial charge in [0.1, 0.15) is 10.6 Å². The van der Waals surface area contributed by atoms with Crippen LogP contribution in [0.5, 0.6) is 5.75 Å². The van der Waals surface area contributed by atoms with Crippen LogP contribution in [0.4, 0.5) is 9.18 Å². The molecule has 0 bridgehead atoms. The molecule has 0 aliphatic carbocycles. The number of aliphatic hydroxyl groups is 1. The molecule has 0 unspecified atom stereocenters. The van der Waals surface area contributed by atoms with Crippen LogP contribution in [0.2, 0.25) is 0 Å². The number of aromatic nitrogens is 1. The number of ether oxygens (including phenoxy) is 1. The molecule has 2 aromatic rings. The second-order valence-electron chi connectivity index (χ2n) is 7.72. The Hall–Kier alpha value is -2.03. The smallest absolute Gasteiger partial charge is 0.407 e. The van der Waals surface area contributed by atoms with Crippen molar-refractivity contribution < 1.29 is 19.0 Å². The first-order valence-electron chi connectivity index (χ1n) is 8.86. The number of carbonyl (C=O) groups excluding carboxylic acids is 1. The molecule has 2 heterocycles. The minimum atomic E-state index is -0.930. The fourth-order valence-corrected chi connectivity index (χ4v) is 3.90. The van der Waals surface area contributed by atoms with E-state index < -0.39 is 23.1 Å². The Morgan fingerprint density at radius 3 is 2.70 bits per heavy atom. The molecule has 1 aromatic carbocycles. The summed E-state index contributed by atoms with van der Waals surface area (Å²) in [4.78, 5) is 16.9. The summed E-state index contributed by atoms with van der Waals surface area (Å²) < 4.78 is 19.4. The first kappa shape index (κ1) is 19.7. The van der Waals surface area contributed by atoms with Gasteiger partial charge in [-0.1, -0.05) is 0 Å². The van der Waals surface area contributed by atoms with Gasteiger partial charge in [-0.15, -0.1) is 11.3 Å². The largest absolute Gasteiger partial charge is 0.413 e. The van der Waals surface area contributed by atoms with E-state index in [1.54, 1.807) is 12.3 Å². The second-order valence-corrected chi connectivity index (χ2v) is 8.75. The van der Waals surface area contributed by atoms with Gasteiger partial charge in [0.05, 0.1) is 4.88 Å². The molecule has 3 N–H and O–H groups in total. The minimum absolute atomic E-state index is 0.137. The summed E-state index contributed by atoms with van der Waals surface area (Å²) in [7, 11) is 0. The average molecular weight is 393 g/mol. The third-order valence-electron chi connectivity index (χ3n) is 4.23. The van der Waals surface area contributed by atoms with E-state index in [1.165, 1.54) is 23.5 Å². The molecule has 3 rings (SSSR count). The number of rotatable bonds is 3. The normalized spacial score (nSPS) is 16.8. The quantitative estimate of drug-likeness (QED) is 0.744. The summed E-state index contributed by atoms with van der Waals surface area (Å²) >= 11 is 1.35. The monoisotopic (exact) mass is 393 g/mol. The number of nitrogens with one attached hydrogen (secondary N) is 2. The van der Waals surface area contributed by atoms with E-state index in [2.05, 4.69) is 15.6 Å². The number of hydrogen-bond acceptors (Lipinski definition) is 6. The van der Waals surface area contributed by atoms with Gasteiger partial charge in [0.25, 0.3) is 0 Å². The zero-order chi connectivity index (χ0) is 19.7. The highest BCUT2D eigenvalue weighted by molar-refractivity contribution is 7.15. The molecule has 1 fully saturated rings. The maximum atomic E-state index is 14.4. The molecule has 6 nitrogen and oxygen atoms in total. The van der Waals surface area contributed by atoms with Crippen molar-refractivity contribution in [3.8, 4) is 16.2 Å². The van der Waals surface area contributed by atoms with E-state index >= 15 is 0 Å². The van der Waals surface area contributed by atoms with E-state index in [-0.39, 0.29) is 5.75 Å². The third-order valence-corrected chi connectivity index (χ3v) is 5.47. The fraction of sp³-hybridized carbons (Fsp3) is 0.474. The Morgan fingerprint density at radius 2 is 2.07 bits per heavy atom. The van der Waals surface area contributed by atoms with Crippen molar-refractivity contribution in [3.63, 3.8) is 0 Å². The maximum absolute atomic E-state index is 14.4. The van der Waals surface area contributed by atoms with Crippen LogP contribution in [0.15, 0.2) is 24.4 Å². The molecule has 0 atom stereocenters. The molecule has 0 radical (unpaired) electrons. The molecule has 27 heavy (non-hydrogen) atoms. The van der Waals surface area contributed by atoms with Gasteiger partial charge < -0.3 is 20.5 Å². The van der Waals surface area contributed by atoms with Crippen molar-refractivity contribution in [2.24, 2.45) is 0 Å². The van der Waals surface area contributed by atoms with Crippen LogP contribution >= 0.6 is 11.3 Å². The van der Waals surface area contributed by atoms with Crippen molar-refractivity contribution in [2.45, 2.75) is 44.8 Å². The molecule has 0 spiro atoms. The Kier molecular flexibility index (Phi) is 5.50. The van der Waals surface area contributed by atoms with E-state index in [0.717, 1.165) is 18.0 Å². The topological polar surface area (TPSA) is 83.5 Å². The van der Waals surface area contributed by atoms with Crippen LogP contribution in [0.25, 0.3) is 10.4 Å². The van der Waals surface area contributed by atoms with Gasteiger partial charge in [-0.3, -0.25) is 0 Å². The van der Waals surface area contributed by atoms with Gasteiger partial charge in [0.2, 0.25) is 0 Å². The number of halogens is 1. The average Bonchev–Trinajstić information content (AvgIpc) is 3.06. The van der Waals surface area contributed by atoms with Crippen molar-refractivity contribution in [1.29, 1.82) is 0 Å². The fourth-order valence-electron chi connectivity index (χ4n) is 2.85. The highest BCUT2D eigenvalue weighted by atomic mass is 32.1. The lowest BCUT2D eigenvalue weighted by Gasteiger charge is -2.30. The van der Waals surface area contributed by atoms with Gasteiger partial charge in [-0.2, -0.15) is 0 Å². The molecular weight excluding hydrogens is 369 g/mol. The lowest BCUT2D eigenvalue weighted by Crippen LogP contribution is -2.42. The first-order valence-corrected chi connectivity index (χ1v) is 9.67. The molecule has 8 heteroatoms. The summed E-state index contributed by atoms with van der Waals surface area (Å²) in [5.74, 6) is -0.769. The Labute approximate surface area is 161 Å². The van der Waals surface area contributed by atoms with Crippen LogP contribution in [0.3, 0.4) is 0 Å². The maximum Gasteiger partial charge on any atom is 0.413 e. The zero-order valence-corrected chi connectivity index (χ0v) is 16.5. The van der Waals surface area contributed by atoms with Crippen LogP contribution in [-0.4, -0.2) is 34.8 Å². The van der Waals surface area contributed by atoms with Gasteiger partial charge in [-0.05, 0) is 70.5 Å². The first-order chi connectivity index (χ1) is 12.7. The van der Waals surface area contributed by atoms with Crippen molar-refractivity contribution in [3.05, 3.63) is 35.2 Å². The third kappa shape index (κ3) is 4.82. The lowest BCUT2D eigenvalue weighted by molar-refractivity contribution is 0.00574. The van der Waals surface area contributed by atoms with Gasteiger partial charge in [-0.25, -0.2) is 14.2 Å². The minimum Gasteiger partial charge on any atom is -0.407 e. The Bertz CT molecular complexity index is 826. The number of piperidine rings is 1. The lowest BCUT2D eigenvalue weighted by atomic mass is 9.93. The molecule has 1 aliphatic rings. The number of thiazole rings is 1. The van der Waals surface area contributed by atoms with Crippen molar-refractivity contribution in [2.75, 3.05) is 13.1 Å². The number of nitrogens with zero attached hydrogens (tertiary/aromatic N) is 1. The number of carbonyl (C=O) groups is 1. The van der Waals surface area contributed by atoms with Crippen LogP contribution < -0.4 is 15.4 Å². The zero-order valence-electron chi connectivity index (χ0n) is 15.6. The van der Waals surface area contributed by atoms with Gasteiger partial charge in [0, 0.05) is 11.7 Å². The SMILES string of the molecule is CC(C)(C)NC(=O)Oc1ccc(-c2cnc(C3(O)CCNCC3)s2)cc1F. The van der Waals surface area contributed by atoms with E-state index in [4.69, 9.17) is 4.74 Å². The highest BCUT2D eigenvalue weighted by Gasteiger charge is 2.34. The second kappa shape index (κ2) is 7.53. The summed E-state index contributed by atoms with van der Waals surface area (Å²) in [5.41, 5.74) is -0.778.